The Kier molecular flexibility index (Phi) is 6.78. The molecule has 1 N–H and O–H groups in total. The quantitative estimate of drug-likeness (QED) is 0.634. The molecule has 6 heteroatoms. The Bertz CT molecular complexity index is 876. The first kappa shape index (κ1) is 19.6. The largest absolute Gasteiger partial charge is 0.362 e. The summed E-state index contributed by atoms with van der Waals surface area (Å²) >= 11 is 5.82. The number of anilines is 3. The molecule has 0 saturated heterocycles. The van der Waals surface area contributed by atoms with Crippen molar-refractivity contribution in [2.45, 2.75) is 0 Å². The van der Waals surface area contributed by atoms with E-state index in [-0.39, 0.29) is 25.0 Å². The molecule has 5 nitrogen and oxygen atoms in total. The zero-order valence-corrected chi connectivity index (χ0v) is 15.8. The van der Waals surface area contributed by atoms with Gasteiger partial charge in [0.1, 0.15) is 13.2 Å². The molecular formula is C22H19ClN2O3. The molecule has 0 aliphatic carbocycles. The molecule has 0 aromatic heterocycles. The molecule has 0 aliphatic heterocycles. The van der Waals surface area contributed by atoms with Crippen LogP contribution in [-0.2, 0) is 14.3 Å². The third-order valence-corrected chi connectivity index (χ3v) is 4.12. The molecule has 3 aromatic carbocycles. The fraction of sp³-hybridized carbons (Fsp3) is 0.0909. The predicted molar refractivity (Wildman–Crippen MR) is 111 cm³/mol. The van der Waals surface area contributed by atoms with E-state index in [9.17, 15) is 9.59 Å². The van der Waals surface area contributed by atoms with E-state index < -0.39 is 0 Å². The van der Waals surface area contributed by atoms with Gasteiger partial charge in [0, 0.05) is 22.1 Å². The molecule has 2 amide bonds. The molecule has 28 heavy (non-hydrogen) atoms. The van der Waals surface area contributed by atoms with Crippen molar-refractivity contribution in [1.29, 1.82) is 0 Å². The van der Waals surface area contributed by atoms with Gasteiger partial charge in [0.15, 0.2) is 0 Å². The number of ether oxygens (including phenoxy) is 1. The number of carbonyl (C=O) groups is 2. The SMILES string of the molecule is O=C(COCC(=O)N(c1ccccc1)c1ccccc1)Nc1ccc(Cl)cc1. The average molecular weight is 395 g/mol. The minimum absolute atomic E-state index is 0.224. The van der Waals surface area contributed by atoms with Gasteiger partial charge in [-0.3, -0.25) is 14.5 Å². The van der Waals surface area contributed by atoms with E-state index in [2.05, 4.69) is 5.32 Å². The Hall–Kier alpha value is -3.15. The molecule has 0 unspecified atom stereocenters. The molecule has 0 atom stereocenters. The number of amides is 2. The van der Waals surface area contributed by atoms with Gasteiger partial charge in [-0.1, -0.05) is 48.0 Å². The normalized spacial score (nSPS) is 10.3. The first-order chi connectivity index (χ1) is 13.6. The number of nitrogens with zero attached hydrogens (tertiary/aromatic N) is 1. The highest BCUT2D eigenvalue weighted by Crippen LogP contribution is 2.25. The molecular weight excluding hydrogens is 376 g/mol. The summed E-state index contributed by atoms with van der Waals surface area (Å²) in [6.45, 7) is -0.455. The fourth-order valence-electron chi connectivity index (χ4n) is 2.62. The Morgan fingerprint density at radius 3 is 1.86 bits per heavy atom. The van der Waals surface area contributed by atoms with Crippen LogP contribution < -0.4 is 10.2 Å². The maximum atomic E-state index is 12.8. The molecule has 0 fully saturated rings. The Labute approximate surface area is 168 Å². The lowest BCUT2D eigenvalue weighted by Crippen LogP contribution is -2.31. The molecule has 142 valence electrons. The van der Waals surface area contributed by atoms with Crippen LogP contribution in [0.3, 0.4) is 0 Å². The number of nitrogens with one attached hydrogen (secondary N) is 1. The van der Waals surface area contributed by atoms with Gasteiger partial charge >= 0.3 is 0 Å². The number of rotatable bonds is 7. The van der Waals surface area contributed by atoms with Crippen molar-refractivity contribution < 1.29 is 14.3 Å². The van der Waals surface area contributed by atoms with E-state index in [1.165, 1.54) is 0 Å². The topological polar surface area (TPSA) is 58.6 Å². The van der Waals surface area contributed by atoms with Gasteiger partial charge in [0.2, 0.25) is 5.91 Å². The van der Waals surface area contributed by atoms with Crippen LogP contribution in [0.1, 0.15) is 0 Å². The Balaban J connectivity index is 1.59. The highest BCUT2D eigenvalue weighted by atomic mass is 35.5. The smallest absolute Gasteiger partial charge is 0.257 e. The first-order valence-electron chi connectivity index (χ1n) is 8.70. The molecule has 0 saturated carbocycles. The van der Waals surface area contributed by atoms with Gasteiger partial charge in [0.25, 0.3) is 5.91 Å². The van der Waals surface area contributed by atoms with Gasteiger partial charge in [0.05, 0.1) is 0 Å². The lowest BCUT2D eigenvalue weighted by Gasteiger charge is -2.23. The third kappa shape index (κ3) is 5.42. The van der Waals surface area contributed by atoms with Crippen LogP contribution in [0.15, 0.2) is 84.9 Å². The summed E-state index contributed by atoms with van der Waals surface area (Å²) in [5, 5.41) is 3.27. The highest BCUT2D eigenvalue weighted by molar-refractivity contribution is 6.30. The summed E-state index contributed by atoms with van der Waals surface area (Å²) in [6, 6.07) is 25.3. The van der Waals surface area contributed by atoms with Crippen molar-refractivity contribution in [2.24, 2.45) is 0 Å². The molecule has 3 aromatic rings. The zero-order valence-electron chi connectivity index (χ0n) is 15.0. The zero-order chi connectivity index (χ0) is 19.8. The number of para-hydroxylation sites is 2. The van der Waals surface area contributed by atoms with E-state index in [4.69, 9.17) is 16.3 Å². The average Bonchev–Trinajstić information content (AvgIpc) is 2.71. The summed E-state index contributed by atoms with van der Waals surface area (Å²) in [5.74, 6) is -0.613. The third-order valence-electron chi connectivity index (χ3n) is 3.86. The minimum atomic E-state index is -0.346. The molecule has 0 bridgehead atoms. The van der Waals surface area contributed by atoms with Gasteiger partial charge in [-0.2, -0.15) is 0 Å². The maximum absolute atomic E-state index is 12.8. The summed E-state index contributed by atoms with van der Waals surface area (Å²) in [7, 11) is 0. The fourth-order valence-corrected chi connectivity index (χ4v) is 2.74. The van der Waals surface area contributed by atoms with Crippen molar-refractivity contribution >= 4 is 40.5 Å². The number of benzene rings is 3. The van der Waals surface area contributed by atoms with Gasteiger partial charge in [-0.05, 0) is 48.5 Å². The highest BCUT2D eigenvalue weighted by Gasteiger charge is 2.18. The molecule has 0 aliphatic rings. The number of hydrogen-bond acceptors (Lipinski definition) is 3. The van der Waals surface area contributed by atoms with E-state index in [0.29, 0.717) is 10.7 Å². The van der Waals surface area contributed by atoms with Crippen molar-refractivity contribution in [3.8, 4) is 0 Å². The van der Waals surface area contributed by atoms with Crippen molar-refractivity contribution in [1.82, 2.24) is 0 Å². The monoisotopic (exact) mass is 394 g/mol. The number of halogens is 1. The van der Waals surface area contributed by atoms with Crippen LogP contribution in [0, 0.1) is 0 Å². The maximum Gasteiger partial charge on any atom is 0.257 e. The lowest BCUT2D eigenvalue weighted by molar-refractivity contribution is -0.126. The second-order valence-electron chi connectivity index (χ2n) is 5.95. The van der Waals surface area contributed by atoms with Crippen molar-refractivity contribution in [3.63, 3.8) is 0 Å². The van der Waals surface area contributed by atoms with E-state index in [1.54, 1.807) is 29.2 Å². The molecule has 0 spiro atoms. The first-order valence-corrected chi connectivity index (χ1v) is 9.07. The predicted octanol–water partition coefficient (Wildman–Crippen LogP) is 4.66. The van der Waals surface area contributed by atoms with Crippen molar-refractivity contribution in [3.05, 3.63) is 90.0 Å². The summed E-state index contributed by atoms with van der Waals surface area (Å²) in [6.07, 6.45) is 0. The lowest BCUT2D eigenvalue weighted by atomic mass is 10.2. The van der Waals surface area contributed by atoms with Crippen LogP contribution in [-0.4, -0.2) is 25.0 Å². The van der Waals surface area contributed by atoms with Crippen LogP contribution in [0.2, 0.25) is 5.02 Å². The minimum Gasteiger partial charge on any atom is -0.362 e. The Morgan fingerprint density at radius 1 is 0.786 bits per heavy atom. The second kappa shape index (κ2) is 9.69. The van der Waals surface area contributed by atoms with Crippen molar-refractivity contribution in [2.75, 3.05) is 23.4 Å². The number of carbonyl (C=O) groups excluding carboxylic acids is 2. The standard InChI is InChI=1S/C22H19ClN2O3/c23-17-11-13-18(14-12-17)24-21(26)15-28-16-22(27)25(19-7-3-1-4-8-19)20-9-5-2-6-10-20/h1-14H,15-16H2,(H,24,26). The van der Waals surface area contributed by atoms with E-state index in [1.807, 2.05) is 60.7 Å². The van der Waals surface area contributed by atoms with Gasteiger partial charge < -0.3 is 10.1 Å². The van der Waals surface area contributed by atoms with Crippen LogP contribution in [0.5, 0.6) is 0 Å². The second-order valence-corrected chi connectivity index (χ2v) is 6.38. The van der Waals surface area contributed by atoms with Crippen LogP contribution >= 0.6 is 11.6 Å². The van der Waals surface area contributed by atoms with Crippen LogP contribution in [0.25, 0.3) is 0 Å². The van der Waals surface area contributed by atoms with E-state index >= 15 is 0 Å². The van der Waals surface area contributed by atoms with Crippen LogP contribution in [0.4, 0.5) is 17.1 Å². The van der Waals surface area contributed by atoms with Gasteiger partial charge in [-0.15, -0.1) is 0 Å². The van der Waals surface area contributed by atoms with Gasteiger partial charge in [-0.25, -0.2) is 0 Å². The number of hydrogen-bond donors (Lipinski definition) is 1. The summed E-state index contributed by atoms with van der Waals surface area (Å²) in [5.41, 5.74) is 2.07. The Morgan fingerprint density at radius 2 is 1.32 bits per heavy atom. The summed E-state index contributed by atoms with van der Waals surface area (Å²) in [4.78, 5) is 26.3. The molecule has 0 heterocycles. The molecule has 0 radical (unpaired) electrons. The summed E-state index contributed by atoms with van der Waals surface area (Å²) < 4.78 is 5.35. The van der Waals surface area contributed by atoms with E-state index in [0.717, 1.165) is 11.4 Å². The molecule has 3 rings (SSSR count).